The number of halogens is 8. The summed E-state index contributed by atoms with van der Waals surface area (Å²) < 4.78 is 107. The fourth-order valence-corrected chi connectivity index (χ4v) is 5.29. The quantitative estimate of drug-likeness (QED) is 0.544. The van der Waals surface area contributed by atoms with Crippen LogP contribution in [-0.4, -0.2) is 70.6 Å². The molecule has 2 atom stereocenters. The predicted molar refractivity (Wildman–Crippen MR) is 113 cm³/mol. The monoisotopic (exact) mass is 526 g/mol. The Morgan fingerprint density at radius 2 is 1.81 bits per heavy atom. The predicted octanol–water partition coefficient (Wildman–Crippen LogP) is 5.27. The van der Waals surface area contributed by atoms with Crippen LogP contribution in [0.3, 0.4) is 0 Å². The Morgan fingerprint density at radius 1 is 1.14 bits per heavy atom. The Balaban J connectivity index is 1.42. The molecule has 2 aliphatic heterocycles. The van der Waals surface area contributed by atoms with Gasteiger partial charge in [-0.3, -0.25) is 14.8 Å². The maximum atomic E-state index is 14.5. The van der Waals surface area contributed by atoms with Crippen molar-refractivity contribution in [2.45, 2.75) is 57.7 Å². The van der Waals surface area contributed by atoms with E-state index in [1.165, 1.54) is 4.90 Å². The Morgan fingerprint density at radius 3 is 2.42 bits per heavy atom. The Kier molecular flexibility index (Phi) is 6.99. The number of nitrogens with zero attached hydrogens (tertiary/aromatic N) is 3. The number of hydrogen-bond acceptors (Lipinski definition) is 3. The van der Waals surface area contributed by atoms with E-state index in [1.807, 2.05) is 0 Å². The van der Waals surface area contributed by atoms with E-state index in [0.29, 0.717) is 31.1 Å². The van der Waals surface area contributed by atoms with Gasteiger partial charge in [-0.15, -0.1) is 0 Å². The number of carbonyl (C=O) groups excluding carboxylic acids is 1. The number of aromatic nitrogens is 2. The largest absolute Gasteiger partial charge is 0.401 e. The highest BCUT2D eigenvalue weighted by Crippen LogP contribution is 2.55. The molecule has 3 aliphatic rings. The molecule has 200 valence electrons. The minimum atomic E-state index is -5.00. The Labute approximate surface area is 202 Å². The number of likely N-dealkylation sites (tertiary alicyclic amines) is 1. The van der Waals surface area contributed by atoms with Crippen molar-refractivity contribution >= 4 is 5.91 Å². The Hall–Kier alpha value is -2.44. The molecule has 5 nitrogen and oxygen atoms in total. The fourth-order valence-electron chi connectivity index (χ4n) is 5.29. The molecule has 3 heterocycles. The van der Waals surface area contributed by atoms with Crippen LogP contribution in [0.5, 0.6) is 0 Å². The van der Waals surface area contributed by atoms with E-state index in [2.05, 4.69) is 10.2 Å². The van der Waals surface area contributed by atoms with Gasteiger partial charge in [0.1, 0.15) is 11.2 Å². The third-order valence-corrected chi connectivity index (χ3v) is 7.51. The summed E-state index contributed by atoms with van der Waals surface area (Å²) in [6, 6.07) is 0. The lowest BCUT2D eigenvalue weighted by molar-refractivity contribution is -0.223. The normalized spacial score (nSPS) is 26.5. The average molecular weight is 526 g/mol. The molecule has 1 aliphatic carbocycles. The van der Waals surface area contributed by atoms with Gasteiger partial charge in [-0.05, 0) is 43.8 Å². The van der Waals surface area contributed by atoms with Gasteiger partial charge in [-0.25, -0.2) is 8.78 Å². The molecule has 0 bridgehead atoms. The Bertz CT molecular complexity index is 1050. The average Bonchev–Trinajstić information content (AvgIpc) is 3.23. The van der Waals surface area contributed by atoms with E-state index in [-0.39, 0.29) is 50.3 Å². The zero-order valence-corrected chi connectivity index (χ0v) is 19.4. The highest BCUT2D eigenvalue weighted by Gasteiger charge is 2.62. The minimum absolute atomic E-state index is 0.108. The molecule has 1 fully saturated rings. The number of aromatic amines is 1. The number of rotatable bonds is 4. The molecule has 1 aromatic rings. The van der Waals surface area contributed by atoms with Gasteiger partial charge in [-0.2, -0.15) is 31.4 Å². The van der Waals surface area contributed by atoms with Gasteiger partial charge < -0.3 is 4.90 Å². The van der Waals surface area contributed by atoms with Crippen molar-refractivity contribution in [3.63, 3.8) is 0 Å². The minimum Gasteiger partial charge on any atom is -0.337 e. The molecule has 0 aromatic carbocycles. The number of amides is 1. The van der Waals surface area contributed by atoms with E-state index in [4.69, 9.17) is 0 Å². The smallest absolute Gasteiger partial charge is 0.337 e. The van der Waals surface area contributed by atoms with Crippen LogP contribution in [0.25, 0.3) is 0 Å². The van der Waals surface area contributed by atoms with E-state index in [1.54, 1.807) is 4.90 Å². The highest BCUT2D eigenvalue weighted by atomic mass is 19.4. The van der Waals surface area contributed by atoms with E-state index in [9.17, 15) is 39.9 Å². The van der Waals surface area contributed by atoms with Crippen LogP contribution in [0.4, 0.5) is 35.1 Å². The number of fused-ring (bicyclic) bond motifs is 1. The molecule has 0 radical (unpaired) electrons. The first kappa shape index (κ1) is 26.6. The third kappa shape index (κ3) is 4.90. The summed E-state index contributed by atoms with van der Waals surface area (Å²) in [5.74, 6) is -2.56. The van der Waals surface area contributed by atoms with Gasteiger partial charge in [0.15, 0.2) is 11.9 Å². The van der Waals surface area contributed by atoms with Crippen LogP contribution in [0, 0.1) is 11.3 Å². The molecule has 1 N–H and O–H groups in total. The van der Waals surface area contributed by atoms with Crippen LogP contribution < -0.4 is 0 Å². The van der Waals surface area contributed by atoms with Gasteiger partial charge >= 0.3 is 12.4 Å². The molecule has 0 spiro atoms. The van der Waals surface area contributed by atoms with Crippen molar-refractivity contribution in [2.24, 2.45) is 11.3 Å². The van der Waals surface area contributed by atoms with Crippen molar-refractivity contribution in [1.29, 1.82) is 0 Å². The molecule has 36 heavy (non-hydrogen) atoms. The molecule has 1 saturated heterocycles. The summed E-state index contributed by atoms with van der Waals surface area (Å²) in [5, 5.41) is 6.81. The maximum absolute atomic E-state index is 14.5. The first-order valence-electron chi connectivity index (χ1n) is 11.7. The molecule has 2 unspecified atom stereocenters. The van der Waals surface area contributed by atoms with E-state index < -0.39 is 48.0 Å². The lowest BCUT2D eigenvalue weighted by atomic mass is 9.67. The number of allylic oxidation sites excluding steroid dienone is 4. The van der Waals surface area contributed by atoms with Crippen LogP contribution >= 0.6 is 0 Å². The number of hydrogen-bond donors (Lipinski definition) is 1. The number of H-pyrrole nitrogens is 1. The summed E-state index contributed by atoms with van der Waals surface area (Å²) in [4.78, 5) is 16.2. The molecule has 13 heteroatoms. The topological polar surface area (TPSA) is 52.2 Å². The molecule has 0 saturated carbocycles. The van der Waals surface area contributed by atoms with Crippen molar-refractivity contribution in [3.05, 3.63) is 40.5 Å². The molecule has 4 rings (SSSR count). The van der Waals surface area contributed by atoms with Crippen molar-refractivity contribution < 1.29 is 39.9 Å². The second-order valence-electron chi connectivity index (χ2n) is 9.72. The van der Waals surface area contributed by atoms with Gasteiger partial charge in [0.05, 0.1) is 12.1 Å². The molecular weight excluding hydrogens is 500 g/mol. The summed E-state index contributed by atoms with van der Waals surface area (Å²) in [6.45, 7) is 1.26. The van der Waals surface area contributed by atoms with Gasteiger partial charge in [0.25, 0.3) is 5.91 Å². The second kappa shape index (κ2) is 9.46. The third-order valence-electron chi connectivity index (χ3n) is 7.51. The number of nitrogens with one attached hydrogen (secondary N) is 1. The molecular formula is C23H26F8N4O. The van der Waals surface area contributed by atoms with Gasteiger partial charge in [0, 0.05) is 38.3 Å². The molecule has 1 aromatic heterocycles. The second-order valence-corrected chi connectivity index (χ2v) is 9.72. The number of carbonyl (C=O) groups is 1. The van der Waals surface area contributed by atoms with Crippen LogP contribution in [0.1, 0.15) is 47.9 Å². The lowest BCUT2D eigenvalue weighted by Gasteiger charge is -2.43. The zero-order chi connectivity index (χ0) is 26.5. The van der Waals surface area contributed by atoms with Crippen LogP contribution in [0.2, 0.25) is 0 Å². The van der Waals surface area contributed by atoms with Crippen molar-refractivity contribution in [3.8, 4) is 0 Å². The van der Waals surface area contributed by atoms with Crippen LogP contribution in [0.15, 0.2) is 23.6 Å². The fraction of sp³-hybridized carbons (Fsp3) is 0.652. The summed E-state index contributed by atoms with van der Waals surface area (Å²) >= 11 is 0. The first-order chi connectivity index (χ1) is 16.7. The SMILES string of the molecule is CC1(C(F)(F)F)C(C2CCN(C(=O)c3n[nH]c4c3CCN(CCC(F)(F)F)C4)CC2)=CC=C(F)C1F. The molecule has 1 amide bonds. The van der Waals surface area contributed by atoms with E-state index >= 15 is 0 Å². The summed E-state index contributed by atoms with van der Waals surface area (Å²) in [5.41, 5.74) is -1.86. The summed E-state index contributed by atoms with van der Waals surface area (Å²) in [6.07, 6.45) is -10.7. The first-order valence-corrected chi connectivity index (χ1v) is 11.7. The van der Waals surface area contributed by atoms with Crippen LogP contribution in [-0.2, 0) is 13.0 Å². The zero-order valence-electron chi connectivity index (χ0n) is 19.4. The highest BCUT2D eigenvalue weighted by molar-refractivity contribution is 5.94. The standard InChI is InChI=1S/C23H26F8N4O/c1-21(23(29,30)31)15(2-3-16(24)19(21)25)13-4-9-35(10-5-13)20(36)18-14-6-8-34(11-7-22(26,27)28)12-17(14)32-33-18/h2-3,13,19H,4-12H2,1H3,(H,32,33). The van der Waals surface area contributed by atoms with Crippen molar-refractivity contribution in [1.82, 2.24) is 20.0 Å². The van der Waals surface area contributed by atoms with Crippen molar-refractivity contribution in [2.75, 3.05) is 26.2 Å². The maximum Gasteiger partial charge on any atom is 0.401 e. The summed E-state index contributed by atoms with van der Waals surface area (Å²) in [7, 11) is 0. The number of alkyl halides is 7. The van der Waals surface area contributed by atoms with E-state index in [0.717, 1.165) is 12.2 Å². The number of piperidine rings is 1. The van der Waals surface area contributed by atoms with Gasteiger partial charge in [0.2, 0.25) is 0 Å². The lowest BCUT2D eigenvalue weighted by Crippen LogP contribution is -2.50. The van der Waals surface area contributed by atoms with Gasteiger partial charge in [-0.1, -0.05) is 6.08 Å².